The molecule has 0 aliphatic carbocycles. The number of anilines is 1. The van der Waals surface area contributed by atoms with Gasteiger partial charge in [-0.2, -0.15) is 0 Å². The highest BCUT2D eigenvalue weighted by atomic mass is 15.1. The summed E-state index contributed by atoms with van der Waals surface area (Å²) in [4.78, 5) is 2.49. The molecule has 0 saturated carbocycles. The van der Waals surface area contributed by atoms with Gasteiger partial charge in [-0.1, -0.05) is 12.1 Å². The molecule has 0 atom stereocenters. The van der Waals surface area contributed by atoms with Crippen molar-refractivity contribution in [2.45, 2.75) is 39.8 Å². The molecule has 0 saturated heterocycles. The molecule has 1 aliphatic rings. The molecule has 0 aromatic heterocycles. The zero-order valence-corrected chi connectivity index (χ0v) is 10.6. The lowest BCUT2D eigenvalue weighted by molar-refractivity contribution is 0.633. The minimum Gasteiger partial charge on any atom is -0.369 e. The predicted molar refractivity (Wildman–Crippen MR) is 70.0 cm³/mol. The van der Waals surface area contributed by atoms with Crippen molar-refractivity contribution < 1.29 is 0 Å². The second-order valence-electron chi connectivity index (χ2n) is 4.72. The number of rotatable bonds is 3. The zero-order chi connectivity index (χ0) is 11.5. The second kappa shape index (κ2) is 4.88. The summed E-state index contributed by atoms with van der Waals surface area (Å²) in [5, 5.41) is 3.44. The van der Waals surface area contributed by atoms with E-state index in [9.17, 15) is 0 Å². The van der Waals surface area contributed by atoms with E-state index < -0.39 is 0 Å². The number of hydrogen-bond donors (Lipinski definition) is 1. The van der Waals surface area contributed by atoms with Crippen LogP contribution in [0.4, 0.5) is 5.69 Å². The van der Waals surface area contributed by atoms with Gasteiger partial charge in [0.15, 0.2) is 0 Å². The van der Waals surface area contributed by atoms with E-state index >= 15 is 0 Å². The molecule has 1 heterocycles. The van der Waals surface area contributed by atoms with Gasteiger partial charge in [-0.25, -0.2) is 0 Å². The van der Waals surface area contributed by atoms with Gasteiger partial charge in [0, 0.05) is 24.8 Å². The zero-order valence-electron chi connectivity index (χ0n) is 10.6. The van der Waals surface area contributed by atoms with E-state index in [-0.39, 0.29) is 0 Å². The maximum Gasteiger partial charge on any atom is 0.0404 e. The lowest BCUT2D eigenvalue weighted by atomic mass is 9.98. The SMILES string of the molecule is CCN(c1cccc2c1CCNC2)C(C)C. The van der Waals surface area contributed by atoms with Crippen LogP contribution in [-0.4, -0.2) is 19.1 Å². The number of hydrogen-bond acceptors (Lipinski definition) is 2. The van der Waals surface area contributed by atoms with Crippen LogP contribution in [0.3, 0.4) is 0 Å². The molecule has 0 fully saturated rings. The number of nitrogens with zero attached hydrogens (tertiary/aromatic N) is 1. The van der Waals surface area contributed by atoms with Crippen LogP contribution in [0.5, 0.6) is 0 Å². The second-order valence-corrected chi connectivity index (χ2v) is 4.72. The van der Waals surface area contributed by atoms with Crippen LogP contribution in [0.15, 0.2) is 18.2 Å². The molecule has 16 heavy (non-hydrogen) atoms. The standard InChI is InChI=1S/C14H22N2/c1-4-16(11(2)3)14-7-5-6-12-10-15-9-8-13(12)14/h5-7,11,15H,4,8-10H2,1-3H3. The molecule has 2 rings (SSSR count). The summed E-state index contributed by atoms with van der Waals surface area (Å²) < 4.78 is 0. The first-order chi connectivity index (χ1) is 7.74. The molecule has 0 unspecified atom stereocenters. The van der Waals surface area contributed by atoms with Gasteiger partial charge >= 0.3 is 0 Å². The van der Waals surface area contributed by atoms with E-state index in [2.05, 4.69) is 49.2 Å². The summed E-state index contributed by atoms with van der Waals surface area (Å²) in [6.07, 6.45) is 1.16. The Morgan fingerprint density at radius 3 is 2.88 bits per heavy atom. The number of nitrogens with one attached hydrogen (secondary N) is 1. The van der Waals surface area contributed by atoms with Crippen molar-refractivity contribution in [3.8, 4) is 0 Å². The van der Waals surface area contributed by atoms with Crippen molar-refractivity contribution in [3.63, 3.8) is 0 Å². The molecule has 2 nitrogen and oxygen atoms in total. The van der Waals surface area contributed by atoms with Gasteiger partial charge in [-0.3, -0.25) is 0 Å². The van der Waals surface area contributed by atoms with Crippen LogP contribution in [0.25, 0.3) is 0 Å². The minimum atomic E-state index is 0.575. The summed E-state index contributed by atoms with van der Waals surface area (Å²) >= 11 is 0. The number of benzene rings is 1. The summed E-state index contributed by atoms with van der Waals surface area (Å²) in [6.45, 7) is 9.99. The van der Waals surface area contributed by atoms with E-state index in [0.717, 1.165) is 26.1 Å². The van der Waals surface area contributed by atoms with Crippen LogP contribution in [-0.2, 0) is 13.0 Å². The number of fused-ring (bicyclic) bond motifs is 1. The summed E-state index contributed by atoms with van der Waals surface area (Å²) in [5.41, 5.74) is 4.47. The predicted octanol–water partition coefficient (Wildman–Crippen LogP) is 2.57. The summed E-state index contributed by atoms with van der Waals surface area (Å²) in [5.74, 6) is 0. The molecule has 2 heteroatoms. The van der Waals surface area contributed by atoms with Crippen LogP contribution < -0.4 is 10.2 Å². The monoisotopic (exact) mass is 218 g/mol. The molecule has 0 radical (unpaired) electrons. The van der Waals surface area contributed by atoms with Crippen molar-refractivity contribution in [3.05, 3.63) is 29.3 Å². The lowest BCUT2D eigenvalue weighted by Crippen LogP contribution is -2.33. The van der Waals surface area contributed by atoms with E-state index in [1.165, 1.54) is 11.3 Å². The molecular formula is C14H22N2. The Morgan fingerprint density at radius 2 is 2.19 bits per heavy atom. The fraction of sp³-hybridized carbons (Fsp3) is 0.571. The maximum atomic E-state index is 3.44. The van der Waals surface area contributed by atoms with E-state index in [4.69, 9.17) is 0 Å². The average molecular weight is 218 g/mol. The Bertz CT molecular complexity index is 358. The highest BCUT2D eigenvalue weighted by molar-refractivity contribution is 5.58. The minimum absolute atomic E-state index is 0.575. The van der Waals surface area contributed by atoms with Gasteiger partial charge in [-0.05, 0) is 50.9 Å². The first kappa shape index (κ1) is 11.5. The van der Waals surface area contributed by atoms with Gasteiger partial charge in [0.05, 0.1) is 0 Å². The Morgan fingerprint density at radius 1 is 1.38 bits per heavy atom. The Balaban J connectivity index is 2.39. The third-order valence-electron chi connectivity index (χ3n) is 3.39. The quantitative estimate of drug-likeness (QED) is 0.839. The van der Waals surface area contributed by atoms with E-state index in [0.29, 0.717) is 6.04 Å². The highest BCUT2D eigenvalue weighted by Crippen LogP contribution is 2.27. The molecule has 1 aliphatic heterocycles. The van der Waals surface area contributed by atoms with Crippen molar-refractivity contribution in [1.29, 1.82) is 0 Å². The first-order valence-electron chi connectivity index (χ1n) is 6.32. The summed E-state index contributed by atoms with van der Waals surface area (Å²) in [6, 6.07) is 7.28. The van der Waals surface area contributed by atoms with Crippen LogP contribution in [0, 0.1) is 0 Å². The molecule has 1 aromatic carbocycles. The van der Waals surface area contributed by atoms with Crippen molar-refractivity contribution in [1.82, 2.24) is 5.32 Å². The fourth-order valence-electron chi connectivity index (χ4n) is 2.59. The van der Waals surface area contributed by atoms with Crippen molar-refractivity contribution in [2.24, 2.45) is 0 Å². The van der Waals surface area contributed by atoms with Gasteiger partial charge in [0.25, 0.3) is 0 Å². The molecule has 0 amide bonds. The third kappa shape index (κ3) is 2.07. The lowest BCUT2D eigenvalue weighted by Gasteiger charge is -2.32. The fourth-order valence-corrected chi connectivity index (χ4v) is 2.59. The van der Waals surface area contributed by atoms with Gasteiger partial charge in [0.2, 0.25) is 0 Å². The average Bonchev–Trinajstić information content (AvgIpc) is 2.30. The molecule has 1 aromatic rings. The Hall–Kier alpha value is -1.02. The van der Waals surface area contributed by atoms with Gasteiger partial charge < -0.3 is 10.2 Å². The molecule has 1 N–H and O–H groups in total. The van der Waals surface area contributed by atoms with Crippen molar-refractivity contribution in [2.75, 3.05) is 18.0 Å². The van der Waals surface area contributed by atoms with Gasteiger partial charge in [-0.15, -0.1) is 0 Å². The largest absolute Gasteiger partial charge is 0.369 e. The smallest absolute Gasteiger partial charge is 0.0404 e. The Labute approximate surface area is 98.7 Å². The summed E-state index contributed by atoms with van der Waals surface area (Å²) in [7, 11) is 0. The first-order valence-corrected chi connectivity index (χ1v) is 6.32. The van der Waals surface area contributed by atoms with Crippen LogP contribution >= 0.6 is 0 Å². The van der Waals surface area contributed by atoms with Crippen LogP contribution in [0.2, 0.25) is 0 Å². The van der Waals surface area contributed by atoms with E-state index in [1.54, 1.807) is 5.56 Å². The normalized spacial score (nSPS) is 15.0. The Kier molecular flexibility index (Phi) is 3.49. The van der Waals surface area contributed by atoms with Gasteiger partial charge in [0.1, 0.15) is 0 Å². The third-order valence-corrected chi connectivity index (χ3v) is 3.39. The molecule has 0 bridgehead atoms. The van der Waals surface area contributed by atoms with Crippen LogP contribution in [0.1, 0.15) is 31.9 Å². The molecular weight excluding hydrogens is 196 g/mol. The highest BCUT2D eigenvalue weighted by Gasteiger charge is 2.17. The van der Waals surface area contributed by atoms with Crippen molar-refractivity contribution >= 4 is 5.69 Å². The maximum absolute atomic E-state index is 3.44. The molecule has 88 valence electrons. The van der Waals surface area contributed by atoms with E-state index in [1.807, 2.05) is 0 Å². The molecule has 0 spiro atoms. The topological polar surface area (TPSA) is 15.3 Å².